The molecule has 20 heavy (non-hydrogen) atoms. The lowest BCUT2D eigenvalue weighted by atomic mass is 9.90. The number of nitrogens with zero attached hydrogens (tertiary/aromatic N) is 1. The topological polar surface area (TPSA) is 46.3 Å². The maximum Gasteiger partial charge on any atom is 0.222 e. The standard InChI is InChI=1S/C15H20Cl2N2O/c1-15(9-18)6-7-19(10-15)14(20)5-3-11-2-4-12(16)13(17)8-11/h2,4,8H,3,5-7,9-10,18H2,1H3. The number of hydrogen-bond donors (Lipinski definition) is 1. The van der Waals surface area contributed by atoms with Crippen LogP contribution in [0.25, 0.3) is 0 Å². The van der Waals surface area contributed by atoms with Crippen LogP contribution in [0.3, 0.4) is 0 Å². The maximum absolute atomic E-state index is 12.2. The minimum Gasteiger partial charge on any atom is -0.342 e. The molecule has 1 aliphatic heterocycles. The molecule has 0 bridgehead atoms. The first-order valence-electron chi connectivity index (χ1n) is 6.85. The van der Waals surface area contributed by atoms with Crippen LogP contribution >= 0.6 is 23.2 Å². The van der Waals surface area contributed by atoms with Gasteiger partial charge in [0.15, 0.2) is 0 Å². The molecule has 1 heterocycles. The van der Waals surface area contributed by atoms with E-state index >= 15 is 0 Å². The number of amides is 1. The van der Waals surface area contributed by atoms with Crippen LogP contribution in [0.15, 0.2) is 18.2 Å². The fraction of sp³-hybridized carbons (Fsp3) is 0.533. The van der Waals surface area contributed by atoms with Crippen LogP contribution in [0.1, 0.15) is 25.3 Å². The first-order chi connectivity index (χ1) is 9.43. The van der Waals surface area contributed by atoms with Crippen LogP contribution in [0, 0.1) is 5.41 Å². The molecule has 1 saturated heterocycles. The molecule has 0 radical (unpaired) electrons. The fourth-order valence-corrected chi connectivity index (χ4v) is 2.83. The number of aryl methyl sites for hydroxylation is 1. The molecule has 1 atom stereocenters. The zero-order chi connectivity index (χ0) is 14.8. The molecule has 0 saturated carbocycles. The normalized spacial score (nSPS) is 22.3. The van der Waals surface area contributed by atoms with Crippen molar-refractivity contribution in [3.8, 4) is 0 Å². The summed E-state index contributed by atoms with van der Waals surface area (Å²) in [4.78, 5) is 14.1. The Morgan fingerprint density at radius 1 is 1.40 bits per heavy atom. The predicted octanol–water partition coefficient (Wildman–Crippen LogP) is 3.12. The number of hydrogen-bond acceptors (Lipinski definition) is 2. The summed E-state index contributed by atoms with van der Waals surface area (Å²) >= 11 is 11.8. The molecule has 1 fully saturated rings. The van der Waals surface area contributed by atoms with E-state index in [1.54, 1.807) is 6.07 Å². The number of rotatable bonds is 4. The molecule has 2 rings (SSSR count). The van der Waals surface area contributed by atoms with Crippen LogP contribution in [0.2, 0.25) is 10.0 Å². The van der Waals surface area contributed by atoms with E-state index in [1.807, 2.05) is 17.0 Å². The fourth-order valence-electron chi connectivity index (χ4n) is 2.51. The molecular formula is C15H20Cl2N2O. The lowest BCUT2D eigenvalue weighted by molar-refractivity contribution is -0.130. The molecular weight excluding hydrogens is 295 g/mol. The molecule has 1 unspecified atom stereocenters. The highest BCUT2D eigenvalue weighted by molar-refractivity contribution is 6.42. The van der Waals surface area contributed by atoms with Gasteiger partial charge in [0.2, 0.25) is 5.91 Å². The van der Waals surface area contributed by atoms with Gasteiger partial charge in [0.1, 0.15) is 0 Å². The molecule has 2 N–H and O–H groups in total. The summed E-state index contributed by atoms with van der Waals surface area (Å²) in [5.41, 5.74) is 6.88. The van der Waals surface area contributed by atoms with Crippen molar-refractivity contribution < 1.29 is 4.79 Å². The van der Waals surface area contributed by atoms with Gasteiger partial charge in [-0.15, -0.1) is 0 Å². The van der Waals surface area contributed by atoms with E-state index < -0.39 is 0 Å². The SMILES string of the molecule is CC1(CN)CCN(C(=O)CCc2ccc(Cl)c(Cl)c2)C1. The van der Waals surface area contributed by atoms with E-state index in [9.17, 15) is 4.79 Å². The van der Waals surface area contributed by atoms with E-state index in [1.165, 1.54) is 0 Å². The van der Waals surface area contributed by atoms with Crippen LogP contribution in [-0.2, 0) is 11.2 Å². The first-order valence-corrected chi connectivity index (χ1v) is 7.61. The third-order valence-electron chi connectivity index (χ3n) is 4.01. The van der Waals surface area contributed by atoms with Gasteiger partial charge in [-0.3, -0.25) is 4.79 Å². The molecule has 1 aromatic rings. The second kappa shape index (κ2) is 6.33. The Balaban J connectivity index is 1.88. The Hall–Kier alpha value is -0.770. The zero-order valence-electron chi connectivity index (χ0n) is 11.7. The molecule has 1 amide bonds. The highest BCUT2D eigenvalue weighted by atomic mass is 35.5. The van der Waals surface area contributed by atoms with Crippen molar-refractivity contribution in [2.24, 2.45) is 11.1 Å². The number of likely N-dealkylation sites (tertiary alicyclic amines) is 1. The number of benzene rings is 1. The van der Waals surface area contributed by atoms with Gasteiger partial charge < -0.3 is 10.6 Å². The highest BCUT2D eigenvalue weighted by Gasteiger charge is 2.34. The Labute approximate surface area is 130 Å². The number of carbonyl (C=O) groups is 1. The molecule has 0 aromatic heterocycles. The predicted molar refractivity (Wildman–Crippen MR) is 83.1 cm³/mol. The van der Waals surface area contributed by atoms with E-state index in [0.717, 1.165) is 25.1 Å². The Kier molecular flexibility index (Phi) is 4.95. The minimum absolute atomic E-state index is 0.0826. The van der Waals surface area contributed by atoms with Crippen molar-refractivity contribution in [1.82, 2.24) is 4.90 Å². The molecule has 0 spiro atoms. The van der Waals surface area contributed by atoms with Crippen molar-refractivity contribution in [2.75, 3.05) is 19.6 Å². The van der Waals surface area contributed by atoms with Crippen LogP contribution < -0.4 is 5.73 Å². The van der Waals surface area contributed by atoms with Gasteiger partial charge in [0.05, 0.1) is 10.0 Å². The average molecular weight is 315 g/mol. The van der Waals surface area contributed by atoms with Gasteiger partial charge in [0, 0.05) is 19.5 Å². The van der Waals surface area contributed by atoms with Crippen LogP contribution in [0.5, 0.6) is 0 Å². The average Bonchev–Trinajstić information content (AvgIpc) is 2.83. The monoisotopic (exact) mass is 314 g/mol. The Bertz CT molecular complexity index is 507. The van der Waals surface area contributed by atoms with Gasteiger partial charge in [0.25, 0.3) is 0 Å². The Morgan fingerprint density at radius 2 is 2.15 bits per heavy atom. The summed E-state index contributed by atoms with van der Waals surface area (Å²) in [7, 11) is 0. The van der Waals surface area contributed by atoms with Crippen molar-refractivity contribution in [2.45, 2.75) is 26.2 Å². The van der Waals surface area contributed by atoms with Crippen molar-refractivity contribution >= 4 is 29.1 Å². The smallest absolute Gasteiger partial charge is 0.222 e. The Morgan fingerprint density at radius 3 is 2.75 bits per heavy atom. The summed E-state index contributed by atoms with van der Waals surface area (Å²) < 4.78 is 0. The summed E-state index contributed by atoms with van der Waals surface area (Å²) in [5, 5.41) is 1.08. The van der Waals surface area contributed by atoms with Crippen LogP contribution in [0.4, 0.5) is 0 Å². The molecule has 110 valence electrons. The quantitative estimate of drug-likeness (QED) is 0.928. The number of nitrogens with two attached hydrogens (primary N) is 1. The van der Waals surface area contributed by atoms with Gasteiger partial charge in [-0.1, -0.05) is 36.2 Å². The zero-order valence-corrected chi connectivity index (χ0v) is 13.2. The number of carbonyl (C=O) groups excluding carboxylic acids is 1. The summed E-state index contributed by atoms with van der Waals surface area (Å²) in [6.07, 6.45) is 2.17. The van der Waals surface area contributed by atoms with E-state index in [4.69, 9.17) is 28.9 Å². The molecule has 1 aliphatic rings. The van der Waals surface area contributed by atoms with Crippen molar-refractivity contribution in [1.29, 1.82) is 0 Å². The van der Waals surface area contributed by atoms with Gasteiger partial charge in [-0.05, 0) is 42.5 Å². The lowest BCUT2D eigenvalue weighted by Crippen LogP contribution is -2.34. The summed E-state index contributed by atoms with van der Waals surface area (Å²) in [6.45, 7) is 4.35. The third-order valence-corrected chi connectivity index (χ3v) is 4.75. The van der Waals surface area contributed by atoms with Crippen molar-refractivity contribution in [3.05, 3.63) is 33.8 Å². The molecule has 1 aromatic carbocycles. The van der Waals surface area contributed by atoms with E-state index in [0.29, 0.717) is 29.4 Å². The van der Waals surface area contributed by atoms with Crippen molar-refractivity contribution in [3.63, 3.8) is 0 Å². The summed E-state index contributed by atoms with van der Waals surface area (Å²) in [5.74, 6) is 0.188. The van der Waals surface area contributed by atoms with Gasteiger partial charge in [-0.25, -0.2) is 0 Å². The van der Waals surface area contributed by atoms with E-state index in [2.05, 4.69) is 6.92 Å². The first kappa shape index (κ1) is 15.6. The lowest BCUT2D eigenvalue weighted by Gasteiger charge is -2.22. The van der Waals surface area contributed by atoms with Crippen LogP contribution in [-0.4, -0.2) is 30.4 Å². The van der Waals surface area contributed by atoms with E-state index in [-0.39, 0.29) is 11.3 Å². The highest BCUT2D eigenvalue weighted by Crippen LogP contribution is 2.29. The molecule has 3 nitrogen and oxygen atoms in total. The van der Waals surface area contributed by atoms with Gasteiger partial charge >= 0.3 is 0 Å². The molecule has 0 aliphatic carbocycles. The van der Waals surface area contributed by atoms with Gasteiger partial charge in [-0.2, -0.15) is 0 Å². The number of halogens is 2. The maximum atomic E-state index is 12.2. The second-order valence-electron chi connectivity index (χ2n) is 5.83. The summed E-state index contributed by atoms with van der Waals surface area (Å²) in [6, 6.07) is 5.51. The third kappa shape index (κ3) is 3.66. The minimum atomic E-state index is 0.0826. The second-order valence-corrected chi connectivity index (χ2v) is 6.64. The largest absolute Gasteiger partial charge is 0.342 e. The molecule has 5 heteroatoms.